The van der Waals surface area contributed by atoms with E-state index in [2.05, 4.69) is 35.1 Å². The standard InChI is InChI=1S/C13H23N3O/c1-4-12(5-2)16(6-7-17)13-8-11(14-3)9-15-10-13/h8-10,12,14,17H,4-7H2,1-3H3. The van der Waals surface area contributed by atoms with E-state index in [1.54, 1.807) is 6.20 Å². The molecule has 1 heterocycles. The Morgan fingerprint density at radius 1 is 1.35 bits per heavy atom. The Labute approximate surface area is 104 Å². The molecular formula is C13H23N3O. The Balaban J connectivity index is 2.94. The van der Waals surface area contributed by atoms with Crippen LogP contribution in [0, 0.1) is 0 Å². The first-order valence-corrected chi connectivity index (χ1v) is 6.27. The Morgan fingerprint density at radius 3 is 2.59 bits per heavy atom. The molecule has 0 aliphatic rings. The van der Waals surface area contributed by atoms with Gasteiger partial charge in [0.1, 0.15) is 0 Å². The van der Waals surface area contributed by atoms with E-state index in [4.69, 9.17) is 0 Å². The highest BCUT2D eigenvalue weighted by Gasteiger charge is 2.15. The fourth-order valence-electron chi connectivity index (χ4n) is 2.08. The zero-order valence-corrected chi connectivity index (χ0v) is 11.0. The van der Waals surface area contributed by atoms with Gasteiger partial charge < -0.3 is 15.3 Å². The monoisotopic (exact) mass is 237 g/mol. The normalized spacial score (nSPS) is 10.6. The molecule has 0 spiro atoms. The maximum Gasteiger partial charge on any atom is 0.0606 e. The van der Waals surface area contributed by atoms with Crippen molar-refractivity contribution in [2.45, 2.75) is 32.7 Å². The van der Waals surface area contributed by atoms with Crippen molar-refractivity contribution in [1.29, 1.82) is 0 Å². The lowest BCUT2D eigenvalue weighted by Gasteiger charge is -2.32. The predicted octanol–water partition coefficient (Wildman–Crippen LogP) is 2.11. The number of aromatic nitrogens is 1. The van der Waals surface area contributed by atoms with E-state index in [1.807, 2.05) is 13.2 Å². The van der Waals surface area contributed by atoms with E-state index in [-0.39, 0.29) is 6.61 Å². The number of aliphatic hydroxyl groups is 1. The van der Waals surface area contributed by atoms with Crippen molar-refractivity contribution in [1.82, 2.24) is 4.98 Å². The van der Waals surface area contributed by atoms with Gasteiger partial charge in [0.05, 0.1) is 30.4 Å². The minimum absolute atomic E-state index is 0.167. The fraction of sp³-hybridized carbons (Fsp3) is 0.615. The zero-order chi connectivity index (χ0) is 12.7. The highest BCUT2D eigenvalue weighted by Crippen LogP contribution is 2.22. The van der Waals surface area contributed by atoms with E-state index in [1.165, 1.54) is 0 Å². The van der Waals surface area contributed by atoms with Crippen molar-refractivity contribution in [3.63, 3.8) is 0 Å². The van der Waals surface area contributed by atoms with Crippen molar-refractivity contribution < 1.29 is 5.11 Å². The molecular weight excluding hydrogens is 214 g/mol. The smallest absolute Gasteiger partial charge is 0.0606 e. The molecule has 0 fully saturated rings. The van der Waals surface area contributed by atoms with E-state index in [0.29, 0.717) is 12.6 Å². The highest BCUT2D eigenvalue weighted by molar-refractivity contribution is 5.55. The first-order chi connectivity index (χ1) is 8.26. The zero-order valence-electron chi connectivity index (χ0n) is 11.0. The van der Waals surface area contributed by atoms with E-state index in [0.717, 1.165) is 24.2 Å². The quantitative estimate of drug-likeness (QED) is 0.762. The fourth-order valence-corrected chi connectivity index (χ4v) is 2.08. The number of nitrogens with zero attached hydrogens (tertiary/aromatic N) is 2. The van der Waals surface area contributed by atoms with E-state index in [9.17, 15) is 5.11 Å². The Hall–Kier alpha value is -1.29. The number of pyridine rings is 1. The van der Waals surface area contributed by atoms with Gasteiger partial charge in [0, 0.05) is 19.6 Å². The number of nitrogens with one attached hydrogen (secondary N) is 1. The molecule has 0 bridgehead atoms. The summed E-state index contributed by atoms with van der Waals surface area (Å²) >= 11 is 0. The van der Waals surface area contributed by atoms with Gasteiger partial charge in [-0.2, -0.15) is 0 Å². The molecule has 0 radical (unpaired) electrons. The second-order valence-electron chi connectivity index (χ2n) is 4.07. The average molecular weight is 237 g/mol. The minimum Gasteiger partial charge on any atom is -0.395 e. The maximum atomic E-state index is 9.19. The van der Waals surface area contributed by atoms with Gasteiger partial charge in [0.2, 0.25) is 0 Å². The molecule has 17 heavy (non-hydrogen) atoms. The van der Waals surface area contributed by atoms with Crippen LogP contribution in [0.5, 0.6) is 0 Å². The molecule has 4 heteroatoms. The maximum absolute atomic E-state index is 9.19. The van der Waals surface area contributed by atoms with E-state index < -0.39 is 0 Å². The Morgan fingerprint density at radius 2 is 2.06 bits per heavy atom. The van der Waals surface area contributed by atoms with Gasteiger partial charge >= 0.3 is 0 Å². The number of hydrogen-bond donors (Lipinski definition) is 2. The van der Waals surface area contributed by atoms with Crippen LogP contribution in [0.4, 0.5) is 11.4 Å². The van der Waals surface area contributed by atoms with Crippen LogP contribution in [-0.2, 0) is 0 Å². The molecule has 1 aromatic heterocycles. The molecule has 96 valence electrons. The SMILES string of the molecule is CCC(CC)N(CCO)c1cncc(NC)c1. The summed E-state index contributed by atoms with van der Waals surface area (Å²) in [5.74, 6) is 0. The third-order valence-corrected chi connectivity index (χ3v) is 3.07. The summed E-state index contributed by atoms with van der Waals surface area (Å²) in [5.41, 5.74) is 2.07. The summed E-state index contributed by atoms with van der Waals surface area (Å²) in [6.45, 7) is 5.17. The highest BCUT2D eigenvalue weighted by atomic mass is 16.3. The van der Waals surface area contributed by atoms with Gasteiger partial charge in [-0.3, -0.25) is 4.98 Å². The largest absolute Gasteiger partial charge is 0.395 e. The number of hydrogen-bond acceptors (Lipinski definition) is 4. The third kappa shape index (κ3) is 3.60. The van der Waals surface area contributed by atoms with Crippen LogP contribution in [0.25, 0.3) is 0 Å². The van der Waals surface area contributed by atoms with Gasteiger partial charge in [-0.1, -0.05) is 13.8 Å². The molecule has 0 atom stereocenters. The summed E-state index contributed by atoms with van der Waals surface area (Å²) in [4.78, 5) is 6.45. The molecule has 0 saturated heterocycles. The van der Waals surface area contributed by atoms with Crippen LogP contribution in [0.2, 0.25) is 0 Å². The summed E-state index contributed by atoms with van der Waals surface area (Å²) < 4.78 is 0. The predicted molar refractivity (Wildman–Crippen MR) is 72.6 cm³/mol. The lowest BCUT2D eigenvalue weighted by atomic mass is 10.1. The van der Waals surface area contributed by atoms with Gasteiger partial charge in [-0.15, -0.1) is 0 Å². The number of rotatable bonds is 7. The van der Waals surface area contributed by atoms with Crippen molar-refractivity contribution in [3.05, 3.63) is 18.5 Å². The van der Waals surface area contributed by atoms with Gasteiger partial charge in [0.25, 0.3) is 0 Å². The second kappa shape index (κ2) is 7.12. The molecule has 1 aromatic rings. The lowest BCUT2D eigenvalue weighted by Crippen LogP contribution is -2.36. The average Bonchev–Trinajstić information content (AvgIpc) is 2.39. The molecule has 0 aromatic carbocycles. The van der Waals surface area contributed by atoms with Crippen LogP contribution < -0.4 is 10.2 Å². The summed E-state index contributed by atoms with van der Waals surface area (Å²) in [5, 5.41) is 12.3. The molecule has 0 unspecified atom stereocenters. The molecule has 0 saturated carbocycles. The van der Waals surface area contributed by atoms with Gasteiger partial charge in [-0.05, 0) is 18.9 Å². The van der Waals surface area contributed by atoms with Crippen LogP contribution in [-0.4, -0.2) is 36.3 Å². The summed E-state index contributed by atoms with van der Waals surface area (Å²) in [7, 11) is 1.88. The van der Waals surface area contributed by atoms with Crippen molar-refractivity contribution in [3.8, 4) is 0 Å². The van der Waals surface area contributed by atoms with Gasteiger partial charge in [0.15, 0.2) is 0 Å². The molecule has 0 amide bonds. The van der Waals surface area contributed by atoms with Crippen LogP contribution >= 0.6 is 0 Å². The second-order valence-corrected chi connectivity index (χ2v) is 4.07. The lowest BCUT2D eigenvalue weighted by molar-refractivity contribution is 0.296. The van der Waals surface area contributed by atoms with Crippen molar-refractivity contribution in [2.75, 3.05) is 30.4 Å². The first-order valence-electron chi connectivity index (χ1n) is 6.27. The van der Waals surface area contributed by atoms with Crippen molar-refractivity contribution in [2.24, 2.45) is 0 Å². The first kappa shape index (κ1) is 13.8. The minimum atomic E-state index is 0.167. The third-order valence-electron chi connectivity index (χ3n) is 3.07. The molecule has 0 aliphatic carbocycles. The molecule has 4 nitrogen and oxygen atoms in total. The number of aliphatic hydroxyl groups excluding tert-OH is 1. The van der Waals surface area contributed by atoms with Crippen molar-refractivity contribution >= 4 is 11.4 Å². The van der Waals surface area contributed by atoms with Crippen LogP contribution in [0.1, 0.15) is 26.7 Å². The number of anilines is 2. The van der Waals surface area contributed by atoms with Crippen LogP contribution in [0.15, 0.2) is 18.5 Å². The molecule has 0 aliphatic heterocycles. The van der Waals surface area contributed by atoms with Gasteiger partial charge in [-0.25, -0.2) is 0 Å². The summed E-state index contributed by atoms with van der Waals surface area (Å²) in [6.07, 6.45) is 5.79. The van der Waals surface area contributed by atoms with Crippen LogP contribution in [0.3, 0.4) is 0 Å². The Bertz CT molecular complexity index is 326. The van der Waals surface area contributed by atoms with E-state index >= 15 is 0 Å². The topological polar surface area (TPSA) is 48.4 Å². The molecule has 2 N–H and O–H groups in total. The molecule has 1 rings (SSSR count). The summed E-state index contributed by atoms with van der Waals surface area (Å²) in [6, 6.07) is 2.53. The Kier molecular flexibility index (Phi) is 5.77.